The fourth-order valence-corrected chi connectivity index (χ4v) is 3.60. The van der Waals surface area contributed by atoms with E-state index in [0.717, 1.165) is 16.8 Å². The molecule has 0 radical (unpaired) electrons. The molecule has 1 saturated heterocycles. The molecule has 0 atom stereocenters. The van der Waals surface area contributed by atoms with Crippen molar-refractivity contribution in [3.05, 3.63) is 21.3 Å². The van der Waals surface area contributed by atoms with Crippen LogP contribution < -0.4 is 5.32 Å². The molecule has 4 heteroatoms. The molecule has 18 heavy (non-hydrogen) atoms. The first-order chi connectivity index (χ1) is 8.65. The van der Waals surface area contributed by atoms with Gasteiger partial charge < -0.3 is 5.32 Å². The van der Waals surface area contributed by atoms with Crippen molar-refractivity contribution in [1.29, 1.82) is 0 Å². The van der Waals surface area contributed by atoms with Crippen molar-refractivity contribution in [2.24, 2.45) is 5.92 Å². The SMILES string of the molecule is CC(C)N(Cc1ccc(Cl)s1)CC1CCNCC1. The standard InChI is InChI=1S/C14H23ClN2S/c1-11(2)17(9-12-5-7-16-8-6-12)10-13-3-4-14(15)18-13/h3-4,11-12,16H,5-10H2,1-2H3. The number of nitrogens with one attached hydrogen (secondary N) is 1. The number of rotatable bonds is 5. The maximum atomic E-state index is 6.01. The van der Waals surface area contributed by atoms with Crippen LogP contribution in [0.4, 0.5) is 0 Å². The summed E-state index contributed by atoms with van der Waals surface area (Å²) in [6, 6.07) is 4.76. The van der Waals surface area contributed by atoms with E-state index in [9.17, 15) is 0 Å². The van der Waals surface area contributed by atoms with Crippen LogP contribution >= 0.6 is 22.9 Å². The number of nitrogens with zero attached hydrogens (tertiary/aromatic N) is 1. The minimum atomic E-state index is 0.598. The van der Waals surface area contributed by atoms with Crippen LogP contribution in [0.3, 0.4) is 0 Å². The molecule has 2 rings (SSSR count). The van der Waals surface area contributed by atoms with Crippen LogP contribution in [0.15, 0.2) is 12.1 Å². The fraction of sp³-hybridized carbons (Fsp3) is 0.714. The van der Waals surface area contributed by atoms with E-state index in [1.54, 1.807) is 11.3 Å². The van der Waals surface area contributed by atoms with Crippen molar-refractivity contribution in [2.45, 2.75) is 39.3 Å². The third kappa shape index (κ3) is 4.23. The maximum absolute atomic E-state index is 6.01. The molecule has 0 aromatic carbocycles. The van der Waals surface area contributed by atoms with Crippen LogP contribution in [0, 0.1) is 5.92 Å². The zero-order chi connectivity index (χ0) is 13.0. The van der Waals surface area contributed by atoms with Crippen LogP contribution in [0.25, 0.3) is 0 Å². The van der Waals surface area contributed by atoms with Crippen molar-refractivity contribution in [3.63, 3.8) is 0 Å². The van der Waals surface area contributed by atoms with Crippen LogP contribution in [0.5, 0.6) is 0 Å². The van der Waals surface area contributed by atoms with Gasteiger partial charge in [-0.05, 0) is 57.8 Å². The van der Waals surface area contributed by atoms with Gasteiger partial charge >= 0.3 is 0 Å². The molecule has 0 saturated carbocycles. The van der Waals surface area contributed by atoms with Gasteiger partial charge in [-0.1, -0.05) is 11.6 Å². The molecular weight excluding hydrogens is 264 g/mol. The number of piperidine rings is 1. The highest BCUT2D eigenvalue weighted by Gasteiger charge is 2.19. The van der Waals surface area contributed by atoms with E-state index >= 15 is 0 Å². The van der Waals surface area contributed by atoms with E-state index in [4.69, 9.17) is 11.6 Å². The average Bonchev–Trinajstić information content (AvgIpc) is 2.75. The minimum Gasteiger partial charge on any atom is -0.317 e. The van der Waals surface area contributed by atoms with Gasteiger partial charge in [0.15, 0.2) is 0 Å². The molecule has 102 valence electrons. The van der Waals surface area contributed by atoms with Gasteiger partial charge in [0.25, 0.3) is 0 Å². The van der Waals surface area contributed by atoms with Crippen molar-refractivity contribution < 1.29 is 0 Å². The van der Waals surface area contributed by atoms with E-state index in [0.29, 0.717) is 6.04 Å². The lowest BCUT2D eigenvalue weighted by Gasteiger charge is -2.32. The smallest absolute Gasteiger partial charge is 0.0931 e. The van der Waals surface area contributed by atoms with Crippen molar-refractivity contribution >= 4 is 22.9 Å². The Hall–Kier alpha value is -0.0900. The number of hydrogen-bond acceptors (Lipinski definition) is 3. The monoisotopic (exact) mass is 286 g/mol. The molecule has 0 amide bonds. The van der Waals surface area contributed by atoms with Gasteiger partial charge in [0.05, 0.1) is 4.34 Å². The summed E-state index contributed by atoms with van der Waals surface area (Å²) in [5.74, 6) is 0.851. The number of hydrogen-bond donors (Lipinski definition) is 1. The summed E-state index contributed by atoms with van der Waals surface area (Å²) in [6.07, 6.45) is 2.63. The van der Waals surface area contributed by atoms with Crippen LogP contribution in [0.1, 0.15) is 31.6 Å². The van der Waals surface area contributed by atoms with E-state index in [-0.39, 0.29) is 0 Å². The summed E-state index contributed by atoms with van der Waals surface area (Å²) in [6.45, 7) is 9.20. The Balaban J connectivity index is 1.90. The summed E-state index contributed by atoms with van der Waals surface area (Å²) < 4.78 is 0.899. The molecule has 1 N–H and O–H groups in total. The third-order valence-electron chi connectivity index (χ3n) is 3.67. The molecule has 0 unspecified atom stereocenters. The van der Waals surface area contributed by atoms with Gasteiger partial charge in [-0.15, -0.1) is 11.3 Å². The highest BCUT2D eigenvalue weighted by molar-refractivity contribution is 7.16. The molecule has 2 heterocycles. The third-order valence-corrected chi connectivity index (χ3v) is 4.89. The van der Waals surface area contributed by atoms with E-state index in [1.807, 2.05) is 6.07 Å². The van der Waals surface area contributed by atoms with Gasteiger partial charge in [-0.2, -0.15) is 0 Å². The topological polar surface area (TPSA) is 15.3 Å². The van der Waals surface area contributed by atoms with Crippen LogP contribution in [-0.4, -0.2) is 30.6 Å². The van der Waals surface area contributed by atoms with Crippen molar-refractivity contribution in [3.8, 4) is 0 Å². The molecule has 0 spiro atoms. The second-order valence-corrected chi connectivity index (χ2v) is 7.22. The molecule has 1 fully saturated rings. The molecule has 1 aliphatic heterocycles. The van der Waals surface area contributed by atoms with E-state index in [2.05, 4.69) is 30.1 Å². The Labute approximate surface area is 119 Å². The second-order valence-electron chi connectivity index (χ2n) is 5.42. The van der Waals surface area contributed by atoms with Crippen LogP contribution in [-0.2, 0) is 6.54 Å². The summed E-state index contributed by atoms with van der Waals surface area (Å²) in [5.41, 5.74) is 0. The van der Waals surface area contributed by atoms with E-state index < -0.39 is 0 Å². The largest absolute Gasteiger partial charge is 0.317 e. The first kappa shape index (κ1) is 14.3. The fourth-order valence-electron chi connectivity index (χ4n) is 2.49. The molecule has 1 aliphatic rings. The predicted octanol–water partition coefficient (Wildman–Crippen LogP) is 3.61. The van der Waals surface area contributed by atoms with Gasteiger partial charge in [0.1, 0.15) is 0 Å². The van der Waals surface area contributed by atoms with Gasteiger partial charge in [0.2, 0.25) is 0 Å². The summed E-state index contributed by atoms with van der Waals surface area (Å²) in [4.78, 5) is 3.96. The quantitative estimate of drug-likeness (QED) is 0.889. The Morgan fingerprint density at radius 2 is 2.11 bits per heavy atom. The van der Waals surface area contributed by atoms with Crippen molar-refractivity contribution in [1.82, 2.24) is 10.2 Å². The Bertz CT molecular complexity index is 358. The van der Waals surface area contributed by atoms with Gasteiger partial charge in [-0.3, -0.25) is 4.90 Å². The first-order valence-corrected chi connectivity index (χ1v) is 8.03. The highest BCUT2D eigenvalue weighted by Crippen LogP contribution is 2.24. The zero-order valence-electron chi connectivity index (χ0n) is 11.3. The lowest BCUT2D eigenvalue weighted by Crippen LogP contribution is -2.38. The molecule has 1 aromatic heterocycles. The normalized spacial score (nSPS) is 17.8. The van der Waals surface area contributed by atoms with Crippen molar-refractivity contribution in [2.75, 3.05) is 19.6 Å². The lowest BCUT2D eigenvalue weighted by atomic mass is 9.97. The first-order valence-electron chi connectivity index (χ1n) is 6.84. The Kier molecular flexibility index (Phi) is 5.49. The zero-order valence-corrected chi connectivity index (χ0v) is 12.9. The average molecular weight is 287 g/mol. The molecule has 1 aromatic rings. The van der Waals surface area contributed by atoms with Crippen LogP contribution in [0.2, 0.25) is 4.34 Å². The van der Waals surface area contributed by atoms with E-state index in [1.165, 1.54) is 37.4 Å². The maximum Gasteiger partial charge on any atom is 0.0931 e. The number of thiophene rings is 1. The molecular formula is C14H23ClN2S. The van der Waals surface area contributed by atoms with Gasteiger partial charge in [0, 0.05) is 24.0 Å². The predicted molar refractivity (Wildman–Crippen MR) is 80.5 cm³/mol. The Morgan fingerprint density at radius 3 is 2.67 bits per heavy atom. The highest BCUT2D eigenvalue weighted by atomic mass is 35.5. The minimum absolute atomic E-state index is 0.598. The number of halogens is 1. The summed E-state index contributed by atoms with van der Waals surface area (Å²) in [5, 5.41) is 3.44. The second kappa shape index (κ2) is 6.90. The summed E-state index contributed by atoms with van der Waals surface area (Å²) >= 11 is 7.71. The molecule has 0 bridgehead atoms. The summed E-state index contributed by atoms with van der Waals surface area (Å²) in [7, 11) is 0. The lowest BCUT2D eigenvalue weighted by molar-refractivity contribution is 0.163. The Morgan fingerprint density at radius 1 is 1.39 bits per heavy atom. The molecule has 0 aliphatic carbocycles. The molecule has 2 nitrogen and oxygen atoms in total. The van der Waals surface area contributed by atoms with Gasteiger partial charge in [-0.25, -0.2) is 0 Å².